The molecule has 1 aromatic heterocycles. The third-order valence-electron chi connectivity index (χ3n) is 10.3. The summed E-state index contributed by atoms with van der Waals surface area (Å²) in [7, 11) is 0. The van der Waals surface area contributed by atoms with Crippen LogP contribution >= 0.6 is 0 Å². The van der Waals surface area contributed by atoms with Crippen molar-refractivity contribution >= 4 is 5.69 Å². The van der Waals surface area contributed by atoms with Crippen LogP contribution in [0, 0.1) is 17.8 Å². The van der Waals surface area contributed by atoms with E-state index in [0.29, 0.717) is 5.54 Å². The van der Waals surface area contributed by atoms with E-state index in [1.165, 1.54) is 160 Å². The maximum atomic E-state index is 2.73. The van der Waals surface area contributed by atoms with Crippen LogP contribution in [-0.2, 0) is 5.54 Å². The van der Waals surface area contributed by atoms with E-state index in [2.05, 4.69) is 47.8 Å². The van der Waals surface area contributed by atoms with Crippen LogP contribution in [0.25, 0.3) is 0 Å². The Bertz CT molecular complexity index is 683. The third-order valence-corrected chi connectivity index (χ3v) is 10.3. The van der Waals surface area contributed by atoms with Crippen LogP contribution in [-0.4, -0.2) is 13.1 Å². The Kier molecular flexibility index (Phi) is 12.1. The molecule has 0 unspecified atom stereocenters. The topological polar surface area (TPSA) is 7.12 Å². The fourth-order valence-electron chi connectivity index (χ4n) is 8.57. The van der Waals surface area contributed by atoms with Crippen molar-refractivity contribution in [3.05, 3.63) is 24.5 Å². The molecule has 0 aliphatic heterocycles. The molecule has 0 spiro atoms. The molecule has 210 valence electrons. The SMILES string of the molecule is CCCCCCCCCCN(CCCCCCCCCC)c1cc[n+](C23CC4CC(CC(C4)C2)C3)cc1. The fraction of sp³-hybridized carbons (Fsp3) is 0.857. The summed E-state index contributed by atoms with van der Waals surface area (Å²) in [6.07, 6.45) is 36.5. The van der Waals surface area contributed by atoms with Crippen LogP contribution in [0.2, 0.25) is 0 Å². The highest BCUT2D eigenvalue weighted by molar-refractivity contribution is 5.43. The van der Waals surface area contributed by atoms with Crippen molar-refractivity contribution in [1.82, 2.24) is 0 Å². The number of rotatable bonds is 20. The predicted octanol–water partition coefficient (Wildman–Crippen LogP) is 9.99. The van der Waals surface area contributed by atoms with E-state index in [1.54, 1.807) is 0 Å². The van der Waals surface area contributed by atoms with Gasteiger partial charge >= 0.3 is 0 Å². The quantitative estimate of drug-likeness (QED) is 0.125. The molecule has 37 heavy (non-hydrogen) atoms. The highest BCUT2D eigenvalue weighted by atomic mass is 15.1. The summed E-state index contributed by atoms with van der Waals surface area (Å²) in [5, 5.41) is 0. The third kappa shape index (κ3) is 8.72. The average molecular weight is 510 g/mol. The van der Waals surface area contributed by atoms with Gasteiger partial charge in [-0.15, -0.1) is 0 Å². The van der Waals surface area contributed by atoms with Crippen molar-refractivity contribution in [1.29, 1.82) is 0 Å². The average Bonchev–Trinajstić information content (AvgIpc) is 2.90. The molecule has 4 fully saturated rings. The predicted molar refractivity (Wildman–Crippen MR) is 160 cm³/mol. The number of pyridine rings is 1. The molecular formula is C35H61N2+. The van der Waals surface area contributed by atoms with Crippen molar-refractivity contribution < 1.29 is 4.57 Å². The zero-order chi connectivity index (χ0) is 25.8. The lowest BCUT2D eigenvalue weighted by atomic mass is 9.53. The van der Waals surface area contributed by atoms with Gasteiger partial charge in [-0.25, -0.2) is 0 Å². The van der Waals surface area contributed by atoms with Crippen molar-refractivity contribution in [2.45, 2.75) is 161 Å². The maximum absolute atomic E-state index is 2.73. The Balaban J connectivity index is 1.27. The van der Waals surface area contributed by atoms with Crippen LogP contribution in [0.3, 0.4) is 0 Å². The zero-order valence-electron chi connectivity index (χ0n) is 24.9. The summed E-state index contributed by atoms with van der Waals surface area (Å²) >= 11 is 0. The summed E-state index contributed by atoms with van der Waals surface area (Å²) in [5.74, 6) is 3.04. The van der Waals surface area contributed by atoms with E-state index in [9.17, 15) is 0 Å². The fourth-order valence-corrected chi connectivity index (χ4v) is 8.57. The number of hydrogen-bond acceptors (Lipinski definition) is 1. The first-order valence-electron chi connectivity index (χ1n) is 17.0. The lowest BCUT2D eigenvalue weighted by molar-refractivity contribution is -0.776. The van der Waals surface area contributed by atoms with Crippen LogP contribution in [0.1, 0.15) is 155 Å². The van der Waals surface area contributed by atoms with E-state index in [4.69, 9.17) is 0 Å². The van der Waals surface area contributed by atoms with Gasteiger partial charge in [-0.2, -0.15) is 4.57 Å². The molecule has 4 aliphatic rings. The number of aromatic nitrogens is 1. The van der Waals surface area contributed by atoms with Gasteiger partial charge in [0, 0.05) is 50.2 Å². The first-order chi connectivity index (χ1) is 18.2. The van der Waals surface area contributed by atoms with E-state index < -0.39 is 0 Å². The number of anilines is 1. The van der Waals surface area contributed by atoms with Gasteiger partial charge < -0.3 is 4.90 Å². The van der Waals surface area contributed by atoms with Gasteiger partial charge in [0.05, 0.1) is 0 Å². The van der Waals surface area contributed by atoms with Crippen molar-refractivity contribution in [3.8, 4) is 0 Å². The monoisotopic (exact) mass is 509 g/mol. The zero-order valence-corrected chi connectivity index (χ0v) is 24.9. The number of nitrogens with zero attached hydrogens (tertiary/aromatic N) is 2. The van der Waals surface area contributed by atoms with E-state index in [0.717, 1.165) is 17.8 Å². The van der Waals surface area contributed by atoms with Crippen molar-refractivity contribution in [3.63, 3.8) is 0 Å². The first-order valence-corrected chi connectivity index (χ1v) is 17.0. The largest absolute Gasteiger partial charge is 0.371 e. The van der Waals surface area contributed by atoms with E-state index >= 15 is 0 Å². The van der Waals surface area contributed by atoms with Gasteiger partial charge in [0.15, 0.2) is 17.9 Å². The summed E-state index contributed by atoms with van der Waals surface area (Å²) in [6.45, 7) is 7.12. The minimum Gasteiger partial charge on any atom is -0.371 e. The highest BCUT2D eigenvalue weighted by Crippen LogP contribution is 2.56. The van der Waals surface area contributed by atoms with Crippen LogP contribution in [0.4, 0.5) is 5.69 Å². The van der Waals surface area contributed by atoms with Gasteiger partial charge in [0.1, 0.15) is 0 Å². The molecule has 2 nitrogen and oxygen atoms in total. The Morgan fingerprint density at radius 1 is 0.595 bits per heavy atom. The molecule has 0 radical (unpaired) electrons. The minimum atomic E-state index is 0.452. The molecule has 0 N–H and O–H groups in total. The molecule has 5 rings (SSSR count). The molecule has 4 aliphatic carbocycles. The Morgan fingerprint density at radius 3 is 1.38 bits per heavy atom. The van der Waals surface area contributed by atoms with Gasteiger partial charge in [-0.05, 0) is 49.9 Å². The second kappa shape index (κ2) is 15.5. The highest BCUT2D eigenvalue weighted by Gasteiger charge is 2.56. The minimum absolute atomic E-state index is 0.452. The van der Waals surface area contributed by atoms with Gasteiger partial charge in [0.2, 0.25) is 0 Å². The van der Waals surface area contributed by atoms with Crippen LogP contribution in [0.5, 0.6) is 0 Å². The maximum Gasteiger partial charge on any atom is 0.171 e. The first kappa shape index (κ1) is 28.9. The molecule has 0 saturated heterocycles. The summed E-state index contributed by atoms with van der Waals surface area (Å²) in [6, 6.07) is 4.96. The van der Waals surface area contributed by atoms with E-state index in [-0.39, 0.29) is 0 Å². The molecule has 1 aromatic rings. The molecule has 4 bridgehead atoms. The van der Waals surface area contributed by atoms with Crippen molar-refractivity contribution in [2.75, 3.05) is 18.0 Å². The molecule has 1 heterocycles. The lowest BCUT2D eigenvalue weighted by Crippen LogP contribution is -2.64. The molecule has 0 aromatic carbocycles. The molecule has 4 saturated carbocycles. The summed E-state index contributed by atoms with van der Waals surface area (Å²) < 4.78 is 2.67. The molecular weight excluding hydrogens is 448 g/mol. The molecule has 0 atom stereocenters. The number of unbranched alkanes of at least 4 members (excludes halogenated alkanes) is 14. The molecule has 0 amide bonds. The summed E-state index contributed by atoms with van der Waals surface area (Å²) in [5.41, 5.74) is 1.93. The van der Waals surface area contributed by atoms with Gasteiger partial charge in [0.25, 0.3) is 0 Å². The van der Waals surface area contributed by atoms with Crippen LogP contribution in [0.15, 0.2) is 24.5 Å². The summed E-state index contributed by atoms with van der Waals surface area (Å²) in [4.78, 5) is 2.73. The smallest absolute Gasteiger partial charge is 0.171 e. The Labute approximate surface area is 231 Å². The van der Waals surface area contributed by atoms with Crippen LogP contribution < -0.4 is 9.47 Å². The van der Waals surface area contributed by atoms with Crippen molar-refractivity contribution in [2.24, 2.45) is 17.8 Å². The van der Waals surface area contributed by atoms with E-state index in [1.807, 2.05) is 0 Å². The standard InChI is InChI=1S/C35H61N2/c1-3-5-7-9-11-13-15-17-21-36(22-18-16-14-12-10-8-6-4-2)34-19-23-37(24-20-34)35-28-31-25-32(29-35)27-33(26-31)30-35/h19-20,23-24,31-33H,3-18,21-22,25-30H2,1-2H3/q+1. The molecule has 2 heteroatoms. The number of hydrogen-bond donors (Lipinski definition) is 0. The second-order valence-electron chi connectivity index (χ2n) is 13.5. The van der Waals surface area contributed by atoms with Gasteiger partial charge in [-0.3, -0.25) is 0 Å². The Morgan fingerprint density at radius 2 is 0.973 bits per heavy atom. The van der Waals surface area contributed by atoms with Gasteiger partial charge in [-0.1, -0.05) is 104 Å². The normalized spacial score (nSPS) is 26.2. The second-order valence-corrected chi connectivity index (χ2v) is 13.5. The lowest BCUT2D eigenvalue weighted by Gasteiger charge is -2.53. The Hall–Kier alpha value is -1.05.